The van der Waals surface area contributed by atoms with E-state index in [-0.39, 0.29) is 5.91 Å². The lowest BCUT2D eigenvalue weighted by Gasteiger charge is -2.08. The summed E-state index contributed by atoms with van der Waals surface area (Å²) in [5, 5.41) is 11.2. The maximum absolute atomic E-state index is 11.1. The summed E-state index contributed by atoms with van der Waals surface area (Å²) in [6.07, 6.45) is 5.37. The summed E-state index contributed by atoms with van der Waals surface area (Å²) < 4.78 is 8.04. The molecule has 0 spiro atoms. The predicted molar refractivity (Wildman–Crippen MR) is 114 cm³/mol. The highest BCUT2D eigenvalue weighted by Crippen LogP contribution is 2.29. The molecular weight excluding hydrogens is 408 g/mol. The first-order valence-electron chi connectivity index (χ1n) is 8.77. The third-order valence-electron chi connectivity index (χ3n) is 3.60. The fraction of sp³-hybridized carbons (Fsp3) is 0.263. The van der Waals surface area contributed by atoms with Crippen molar-refractivity contribution in [3.05, 3.63) is 48.0 Å². The second kappa shape index (κ2) is 10.7. The van der Waals surface area contributed by atoms with Crippen molar-refractivity contribution >= 4 is 34.1 Å². The van der Waals surface area contributed by atoms with Gasteiger partial charge in [-0.2, -0.15) is 0 Å². The van der Waals surface area contributed by atoms with Crippen LogP contribution >= 0.6 is 23.1 Å². The molecule has 2 aromatic heterocycles. The molecule has 29 heavy (non-hydrogen) atoms. The first-order chi connectivity index (χ1) is 14.2. The van der Waals surface area contributed by atoms with Crippen LogP contribution in [0, 0.1) is 11.8 Å². The molecule has 0 saturated carbocycles. The van der Waals surface area contributed by atoms with Gasteiger partial charge < -0.3 is 20.4 Å². The van der Waals surface area contributed by atoms with Gasteiger partial charge in [-0.25, -0.2) is 4.98 Å². The average molecular weight is 429 g/mol. The lowest BCUT2D eigenvalue weighted by molar-refractivity contribution is -0.114. The van der Waals surface area contributed by atoms with Crippen LogP contribution in [0.3, 0.4) is 0 Å². The van der Waals surface area contributed by atoms with Gasteiger partial charge in [0.05, 0.1) is 12.9 Å². The van der Waals surface area contributed by atoms with Crippen molar-refractivity contribution in [1.82, 2.24) is 19.7 Å². The van der Waals surface area contributed by atoms with E-state index in [1.54, 1.807) is 24.3 Å². The third kappa shape index (κ3) is 6.40. The van der Waals surface area contributed by atoms with Crippen LogP contribution in [0.4, 0.5) is 5.13 Å². The van der Waals surface area contributed by atoms with Gasteiger partial charge in [-0.1, -0.05) is 41.0 Å². The van der Waals surface area contributed by atoms with Gasteiger partial charge in [0.15, 0.2) is 4.34 Å². The number of ether oxygens (including phenoxy) is 1. The number of anilines is 1. The summed E-state index contributed by atoms with van der Waals surface area (Å²) in [6.45, 7) is 2.73. The molecule has 2 heterocycles. The fourth-order valence-corrected chi connectivity index (χ4v) is 4.13. The number of thioether (sulfide) groups is 1. The van der Waals surface area contributed by atoms with E-state index in [1.807, 2.05) is 29.0 Å². The molecular formula is C19H20N6O2S2. The zero-order valence-electron chi connectivity index (χ0n) is 15.8. The van der Waals surface area contributed by atoms with Crippen LogP contribution in [0.5, 0.6) is 0 Å². The number of nitrogens with two attached hydrogens (primary N) is 1. The van der Waals surface area contributed by atoms with Crippen LogP contribution in [0.1, 0.15) is 18.1 Å². The molecule has 10 heteroatoms. The molecule has 0 atom stereocenters. The zero-order chi connectivity index (χ0) is 20.5. The Morgan fingerprint density at radius 3 is 3.07 bits per heavy atom. The second-order valence-corrected chi connectivity index (χ2v) is 8.00. The van der Waals surface area contributed by atoms with Crippen molar-refractivity contribution in [2.75, 3.05) is 25.1 Å². The molecule has 8 nitrogen and oxygen atoms in total. The molecule has 0 fully saturated rings. The van der Waals surface area contributed by atoms with Crippen molar-refractivity contribution < 1.29 is 9.53 Å². The van der Waals surface area contributed by atoms with E-state index >= 15 is 0 Å². The summed E-state index contributed by atoms with van der Waals surface area (Å²) in [6, 6.07) is 6.09. The number of rotatable bonds is 8. The Labute approximate surface area is 176 Å². The predicted octanol–water partition coefficient (Wildman–Crippen LogP) is 2.30. The van der Waals surface area contributed by atoms with Crippen LogP contribution in [-0.2, 0) is 15.3 Å². The number of benzene rings is 1. The molecule has 150 valence electrons. The number of amides is 1. The monoisotopic (exact) mass is 428 g/mol. The van der Waals surface area contributed by atoms with E-state index in [9.17, 15) is 4.79 Å². The van der Waals surface area contributed by atoms with Crippen LogP contribution < -0.4 is 11.1 Å². The minimum Gasteiger partial charge on any atom is -0.367 e. The lowest BCUT2D eigenvalue weighted by atomic mass is 10.1. The summed E-state index contributed by atoms with van der Waals surface area (Å²) >= 11 is 2.89. The Kier molecular flexibility index (Phi) is 7.77. The van der Waals surface area contributed by atoms with E-state index in [1.165, 1.54) is 18.3 Å². The van der Waals surface area contributed by atoms with Crippen molar-refractivity contribution in [3.8, 4) is 17.5 Å². The Hall–Kier alpha value is -2.71. The van der Waals surface area contributed by atoms with Gasteiger partial charge in [0, 0.05) is 42.9 Å². The van der Waals surface area contributed by atoms with E-state index in [4.69, 9.17) is 10.5 Å². The molecule has 0 radical (unpaired) electrons. The van der Waals surface area contributed by atoms with Gasteiger partial charge >= 0.3 is 0 Å². The smallest absolute Gasteiger partial charge is 0.223 e. The zero-order valence-corrected chi connectivity index (χ0v) is 17.4. The summed E-state index contributed by atoms with van der Waals surface area (Å²) in [7, 11) is 0. The number of nitrogens with one attached hydrogen (secondary N) is 1. The Morgan fingerprint density at radius 2 is 2.31 bits per heavy atom. The average Bonchev–Trinajstić information content (AvgIpc) is 3.38. The Bertz CT molecular complexity index is 1010. The van der Waals surface area contributed by atoms with Crippen LogP contribution in [-0.4, -0.2) is 45.4 Å². The molecule has 0 bridgehead atoms. The van der Waals surface area contributed by atoms with Crippen molar-refractivity contribution in [3.63, 3.8) is 0 Å². The van der Waals surface area contributed by atoms with Gasteiger partial charge in [-0.05, 0) is 17.7 Å². The van der Waals surface area contributed by atoms with E-state index in [0.29, 0.717) is 30.6 Å². The number of carbonyl (C=O) groups is 1. The molecule has 0 unspecified atom stereocenters. The summed E-state index contributed by atoms with van der Waals surface area (Å²) in [5.41, 5.74) is 8.38. The SMILES string of the molecule is CC(=O)Nc1nnc(SCc2ccc(-n3ccnc3)cc2C#CCOCCN)s1. The third-order valence-corrected chi connectivity index (χ3v) is 5.62. The number of hydrogen-bond acceptors (Lipinski definition) is 8. The highest BCUT2D eigenvalue weighted by atomic mass is 32.2. The number of aromatic nitrogens is 4. The molecule has 1 amide bonds. The molecule has 0 saturated heterocycles. The van der Waals surface area contributed by atoms with E-state index < -0.39 is 0 Å². The van der Waals surface area contributed by atoms with Gasteiger partial charge in [0.25, 0.3) is 0 Å². The molecule has 3 aromatic rings. The lowest BCUT2D eigenvalue weighted by Crippen LogP contribution is -2.08. The minimum atomic E-state index is -0.165. The highest BCUT2D eigenvalue weighted by molar-refractivity contribution is 8.00. The molecule has 0 aliphatic carbocycles. The second-order valence-electron chi connectivity index (χ2n) is 5.80. The van der Waals surface area contributed by atoms with Crippen LogP contribution in [0.2, 0.25) is 0 Å². The Morgan fingerprint density at radius 1 is 1.41 bits per heavy atom. The maximum Gasteiger partial charge on any atom is 0.223 e. The topological polar surface area (TPSA) is 108 Å². The fourth-order valence-electron chi connectivity index (χ4n) is 2.33. The van der Waals surface area contributed by atoms with E-state index in [0.717, 1.165) is 21.2 Å². The normalized spacial score (nSPS) is 10.4. The molecule has 0 aliphatic heterocycles. The quantitative estimate of drug-likeness (QED) is 0.245. The molecule has 3 N–H and O–H groups in total. The minimum absolute atomic E-state index is 0.165. The number of carbonyl (C=O) groups excluding carboxylic acids is 1. The Balaban J connectivity index is 1.75. The molecule has 1 aromatic carbocycles. The van der Waals surface area contributed by atoms with Gasteiger partial charge in [-0.15, -0.1) is 10.2 Å². The summed E-state index contributed by atoms with van der Waals surface area (Å²) in [5.74, 6) is 6.74. The first-order valence-corrected chi connectivity index (χ1v) is 10.6. The van der Waals surface area contributed by atoms with Crippen LogP contribution in [0.25, 0.3) is 5.69 Å². The van der Waals surface area contributed by atoms with Gasteiger partial charge in [0.2, 0.25) is 11.0 Å². The highest BCUT2D eigenvalue weighted by Gasteiger charge is 2.09. The maximum atomic E-state index is 11.1. The molecule has 0 aliphatic rings. The molecule has 3 rings (SSSR count). The van der Waals surface area contributed by atoms with E-state index in [2.05, 4.69) is 32.3 Å². The first kappa shape index (κ1) is 21.0. The number of nitrogens with zero attached hydrogens (tertiary/aromatic N) is 4. The van der Waals surface area contributed by atoms with Crippen LogP contribution in [0.15, 0.2) is 41.3 Å². The van der Waals surface area contributed by atoms with Crippen molar-refractivity contribution in [2.45, 2.75) is 17.0 Å². The summed E-state index contributed by atoms with van der Waals surface area (Å²) in [4.78, 5) is 15.2. The number of hydrogen-bond donors (Lipinski definition) is 2. The van der Waals surface area contributed by atoms with Gasteiger partial charge in [-0.3, -0.25) is 4.79 Å². The van der Waals surface area contributed by atoms with Gasteiger partial charge in [0.1, 0.15) is 6.61 Å². The standard InChI is InChI=1S/C19H20N6O2S2/c1-14(26)22-18-23-24-19(29-18)28-12-16-4-5-17(25-8-7-21-13-25)11-15(16)3-2-9-27-10-6-20/h4-5,7-8,11,13H,6,9-10,12,20H2,1H3,(H,22,23,26). The van der Waals surface area contributed by atoms with Crippen molar-refractivity contribution in [1.29, 1.82) is 0 Å². The van der Waals surface area contributed by atoms with Crippen molar-refractivity contribution in [2.24, 2.45) is 5.73 Å². The number of imidazole rings is 1. The largest absolute Gasteiger partial charge is 0.367 e.